The second kappa shape index (κ2) is 6.55. The van der Waals surface area contributed by atoms with Crippen molar-refractivity contribution in [3.8, 4) is 0 Å². The van der Waals surface area contributed by atoms with Crippen LogP contribution >= 0.6 is 0 Å². The lowest BCUT2D eigenvalue weighted by molar-refractivity contribution is 0.161. The highest BCUT2D eigenvalue weighted by Gasteiger charge is 2.09. The average molecular weight is 279 g/mol. The molecule has 2 aromatic heterocycles. The summed E-state index contributed by atoms with van der Waals surface area (Å²) >= 11 is 0. The van der Waals surface area contributed by atoms with Gasteiger partial charge in [0.05, 0.1) is 12.9 Å². The van der Waals surface area contributed by atoms with Gasteiger partial charge in [-0.25, -0.2) is 9.78 Å². The zero-order valence-electron chi connectivity index (χ0n) is 11.1. The number of anilines is 2. The number of hydrogen-bond acceptors (Lipinski definition) is 7. The number of rotatable bonds is 7. The van der Waals surface area contributed by atoms with Crippen molar-refractivity contribution in [1.29, 1.82) is 0 Å². The summed E-state index contributed by atoms with van der Waals surface area (Å²) in [5, 5.41) is 6.15. The van der Waals surface area contributed by atoms with Gasteiger partial charge in [-0.05, 0) is 6.42 Å². The van der Waals surface area contributed by atoms with E-state index in [1.165, 1.54) is 0 Å². The molecule has 9 heteroatoms. The first kappa shape index (κ1) is 13.8. The number of carbonyl (C=O) groups excluding carboxylic acids is 1. The lowest BCUT2D eigenvalue weighted by Gasteiger charge is -2.09. The predicted molar refractivity (Wildman–Crippen MR) is 74.5 cm³/mol. The van der Waals surface area contributed by atoms with Crippen LogP contribution in [0.3, 0.4) is 0 Å². The number of amides is 1. The molecule has 2 heterocycles. The molecule has 0 unspecified atom stereocenters. The largest absolute Gasteiger partial charge is 0.448 e. The highest BCUT2D eigenvalue weighted by atomic mass is 16.5. The molecule has 5 N–H and O–H groups in total. The summed E-state index contributed by atoms with van der Waals surface area (Å²) < 4.78 is 4.64. The second-order valence-electron chi connectivity index (χ2n) is 4.02. The van der Waals surface area contributed by atoms with Crippen molar-refractivity contribution in [2.45, 2.75) is 13.3 Å². The van der Waals surface area contributed by atoms with Gasteiger partial charge < -0.3 is 26.1 Å². The van der Waals surface area contributed by atoms with Crippen molar-refractivity contribution >= 4 is 29.0 Å². The number of nitrogens with two attached hydrogens (primary N) is 1. The van der Waals surface area contributed by atoms with Crippen LogP contribution in [0.15, 0.2) is 6.33 Å². The van der Waals surface area contributed by atoms with E-state index in [1.54, 1.807) is 6.33 Å². The first-order valence-electron chi connectivity index (χ1n) is 6.31. The Kier molecular flexibility index (Phi) is 4.53. The van der Waals surface area contributed by atoms with Crippen molar-refractivity contribution < 1.29 is 9.53 Å². The zero-order chi connectivity index (χ0) is 14.4. The predicted octanol–water partition coefficient (Wildman–Crippen LogP) is 0.682. The maximum absolute atomic E-state index is 10.5. The smallest absolute Gasteiger partial charge is 0.404 e. The minimum Gasteiger partial charge on any atom is -0.448 e. The van der Waals surface area contributed by atoms with E-state index in [-0.39, 0.29) is 6.61 Å². The Labute approximate surface area is 115 Å². The standard InChI is InChI=1S/C11H17N7O2/c1-2-3-14-11-17-8(13-4-5-20-10(12)19)7-9(18-11)16-6-15-7/h6H,2-5H2,1H3,(H2,12,19)(H3,13,14,15,16,17,18). The third-order valence-corrected chi connectivity index (χ3v) is 2.46. The van der Waals surface area contributed by atoms with Crippen molar-refractivity contribution in [3.63, 3.8) is 0 Å². The van der Waals surface area contributed by atoms with Crippen LogP contribution in [-0.2, 0) is 4.74 Å². The van der Waals surface area contributed by atoms with E-state index in [2.05, 4.69) is 42.2 Å². The van der Waals surface area contributed by atoms with E-state index >= 15 is 0 Å². The minimum absolute atomic E-state index is 0.159. The molecular formula is C11H17N7O2. The third-order valence-electron chi connectivity index (χ3n) is 2.46. The first-order chi connectivity index (χ1) is 9.70. The number of hydrogen-bond donors (Lipinski definition) is 4. The van der Waals surface area contributed by atoms with Gasteiger partial charge in [-0.1, -0.05) is 6.92 Å². The summed E-state index contributed by atoms with van der Waals surface area (Å²) in [6, 6.07) is 0. The van der Waals surface area contributed by atoms with Crippen LogP contribution in [0.4, 0.5) is 16.6 Å². The Hall–Kier alpha value is -2.58. The summed E-state index contributed by atoms with van der Waals surface area (Å²) in [5.74, 6) is 1.10. The number of primary amides is 1. The molecule has 9 nitrogen and oxygen atoms in total. The number of carbonyl (C=O) groups is 1. The Morgan fingerprint density at radius 2 is 2.25 bits per heavy atom. The van der Waals surface area contributed by atoms with Crippen LogP contribution in [0.25, 0.3) is 11.2 Å². The molecule has 20 heavy (non-hydrogen) atoms. The number of H-pyrrole nitrogens is 1. The van der Waals surface area contributed by atoms with Gasteiger partial charge >= 0.3 is 6.09 Å². The minimum atomic E-state index is -0.800. The first-order valence-corrected chi connectivity index (χ1v) is 6.31. The van der Waals surface area contributed by atoms with E-state index in [1.807, 2.05) is 0 Å². The van der Waals surface area contributed by atoms with Gasteiger partial charge in [0.25, 0.3) is 0 Å². The molecule has 0 atom stereocenters. The van der Waals surface area contributed by atoms with E-state index < -0.39 is 6.09 Å². The average Bonchev–Trinajstić information content (AvgIpc) is 2.89. The topological polar surface area (TPSA) is 131 Å². The molecule has 0 saturated heterocycles. The van der Waals surface area contributed by atoms with Gasteiger partial charge in [-0.2, -0.15) is 9.97 Å². The molecule has 0 saturated carbocycles. The van der Waals surface area contributed by atoms with Gasteiger partial charge in [0, 0.05) is 6.54 Å². The fourth-order valence-corrected chi connectivity index (χ4v) is 1.60. The molecule has 0 aliphatic carbocycles. The monoisotopic (exact) mass is 279 g/mol. The molecule has 0 radical (unpaired) electrons. The lowest BCUT2D eigenvalue weighted by Crippen LogP contribution is -2.19. The van der Waals surface area contributed by atoms with Crippen LogP contribution in [0.5, 0.6) is 0 Å². The van der Waals surface area contributed by atoms with Crippen molar-refractivity contribution in [2.24, 2.45) is 5.73 Å². The van der Waals surface area contributed by atoms with Crippen LogP contribution in [0.2, 0.25) is 0 Å². The number of aromatic amines is 1. The zero-order valence-corrected chi connectivity index (χ0v) is 11.1. The third kappa shape index (κ3) is 3.46. The van der Waals surface area contributed by atoms with Gasteiger partial charge in [-0.3, -0.25) is 0 Å². The van der Waals surface area contributed by atoms with E-state index in [4.69, 9.17) is 5.73 Å². The summed E-state index contributed by atoms with van der Waals surface area (Å²) in [7, 11) is 0. The Morgan fingerprint density at radius 1 is 1.40 bits per heavy atom. The number of ether oxygens (including phenoxy) is 1. The number of nitrogens with one attached hydrogen (secondary N) is 3. The van der Waals surface area contributed by atoms with Crippen LogP contribution in [0, 0.1) is 0 Å². The van der Waals surface area contributed by atoms with Gasteiger partial charge in [0.1, 0.15) is 12.1 Å². The van der Waals surface area contributed by atoms with Gasteiger partial charge in [0.15, 0.2) is 11.5 Å². The molecule has 0 bridgehead atoms. The quantitative estimate of drug-likeness (QED) is 0.548. The number of aromatic nitrogens is 4. The highest BCUT2D eigenvalue weighted by molar-refractivity contribution is 5.83. The lowest BCUT2D eigenvalue weighted by atomic mass is 10.4. The molecule has 0 fully saturated rings. The Morgan fingerprint density at radius 3 is 3.00 bits per heavy atom. The molecule has 0 spiro atoms. The van der Waals surface area contributed by atoms with Crippen molar-refractivity contribution in [1.82, 2.24) is 19.9 Å². The number of imidazole rings is 1. The second-order valence-corrected chi connectivity index (χ2v) is 4.02. The normalized spacial score (nSPS) is 10.4. The fraction of sp³-hybridized carbons (Fsp3) is 0.455. The molecule has 0 aromatic carbocycles. The van der Waals surface area contributed by atoms with Gasteiger partial charge in [0.2, 0.25) is 5.95 Å². The van der Waals surface area contributed by atoms with E-state index in [9.17, 15) is 4.79 Å². The molecular weight excluding hydrogens is 262 g/mol. The Balaban J connectivity index is 2.08. The molecule has 108 valence electrons. The van der Waals surface area contributed by atoms with Crippen LogP contribution in [0.1, 0.15) is 13.3 Å². The maximum atomic E-state index is 10.5. The van der Waals surface area contributed by atoms with Crippen molar-refractivity contribution in [2.75, 3.05) is 30.3 Å². The molecule has 0 aliphatic rings. The van der Waals surface area contributed by atoms with Crippen LogP contribution < -0.4 is 16.4 Å². The number of fused-ring (bicyclic) bond motifs is 1. The molecule has 0 aliphatic heterocycles. The van der Waals surface area contributed by atoms with Crippen LogP contribution in [-0.4, -0.2) is 45.7 Å². The van der Waals surface area contributed by atoms with E-state index in [0.717, 1.165) is 13.0 Å². The van der Waals surface area contributed by atoms with E-state index in [0.29, 0.717) is 29.5 Å². The summed E-state index contributed by atoms with van der Waals surface area (Å²) in [6.45, 7) is 3.38. The molecule has 1 amide bonds. The SMILES string of the molecule is CCCNc1nc(NCCOC(N)=O)c2[nH]cnc2n1. The van der Waals surface area contributed by atoms with Gasteiger partial charge in [-0.15, -0.1) is 0 Å². The highest BCUT2D eigenvalue weighted by Crippen LogP contribution is 2.18. The Bertz CT molecular complexity index is 583. The van der Waals surface area contributed by atoms with Crippen molar-refractivity contribution in [3.05, 3.63) is 6.33 Å². The fourth-order valence-electron chi connectivity index (χ4n) is 1.60. The molecule has 2 rings (SSSR count). The summed E-state index contributed by atoms with van der Waals surface area (Å²) in [6.07, 6.45) is 1.72. The summed E-state index contributed by atoms with van der Waals surface area (Å²) in [4.78, 5) is 26.2. The maximum Gasteiger partial charge on any atom is 0.404 e. The molecule has 2 aromatic rings. The summed E-state index contributed by atoms with van der Waals surface area (Å²) in [5.41, 5.74) is 6.15. The number of nitrogens with zero attached hydrogens (tertiary/aromatic N) is 3.